The van der Waals surface area contributed by atoms with Gasteiger partial charge in [0.15, 0.2) is 6.04 Å². The molecule has 1 atom stereocenters. The van der Waals surface area contributed by atoms with Crippen LogP contribution in [0.15, 0.2) is 24.3 Å². The van der Waals surface area contributed by atoms with Gasteiger partial charge in [-0.25, -0.2) is 8.78 Å². The van der Waals surface area contributed by atoms with Crippen LogP contribution in [0.2, 0.25) is 0 Å². The number of carbonyl (C=O) groups excluding carboxylic acids is 3. The fraction of sp³-hybridized carbons (Fsp3) is 0.471. The molecule has 0 radical (unpaired) electrons. The largest absolute Gasteiger partial charge is 0.401 e. The van der Waals surface area contributed by atoms with Gasteiger partial charge in [-0.3, -0.25) is 19.3 Å². The number of benzene rings is 1. The normalized spacial score (nSPS) is 16.1. The zero-order chi connectivity index (χ0) is 22.5. The maximum absolute atomic E-state index is 12.7. The highest BCUT2D eigenvalue weighted by Crippen LogP contribution is 2.22. The summed E-state index contributed by atoms with van der Waals surface area (Å²) in [6, 6.07) is 3.35. The molecule has 0 aromatic heterocycles. The minimum Gasteiger partial charge on any atom is -0.370 e. The third-order valence-corrected chi connectivity index (χ3v) is 4.07. The molecule has 0 aliphatic carbocycles. The van der Waals surface area contributed by atoms with Crippen LogP contribution in [-0.4, -0.2) is 74.1 Å². The Balaban J connectivity index is 2.15. The van der Waals surface area contributed by atoms with Gasteiger partial charge in [-0.05, 0) is 24.3 Å². The summed E-state index contributed by atoms with van der Waals surface area (Å²) in [7, 11) is 0. The van der Waals surface area contributed by atoms with Crippen molar-refractivity contribution in [2.75, 3.05) is 43.1 Å². The second-order valence-corrected chi connectivity index (χ2v) is 6.37. The topological polar surface area (TPSA) is 105 Å². The van der Waals surface area contributed by atoms with Crippen LogP contribution in [-0.2, 0) is 19.1 Å². The van der Waals surface area contributed by atoms with Crippen molar-refractivity contribution in [2.45, 2.75) is 18.6 Å². The Morgan fingerprint density at radius 3 is 2.37 bits per heavy atom. The van der Waals surface area contributed by atoms with Crippen molar-refractivity contribution in [3.63, 3.8) is 0 Å². The molecular formula is C17H19F5N4O4. The Bertz CT molecular complexity index is 772. The van der Waals surface area contributed by atoms with E-state index in [2.05, 4.69) is 5.32 Å². The molecular weight excluding hydrogens is 419 g/mol. The molecule has 2 rings (SSSR count). The number of alkyl halides is 5. The Morgan fingerprint density at radius 2 is 1.87 bits per heavy atom. The van der Waals surface area contributed by atoms with Gasteiger partial charge < -0.3 is 20.7 Å². The monoisotopic (exact) mass is 438 g/mol. The summed E-state index contributed by atoms with van der Waals surface area (Å²) in [5.74, 6) is -3.07. The number of ether oxygens (including phenoxy) is 1. The lowest BCUT2D eigenvalue weighted by atomic mass is 10.2. The van der Waals surface area contributed by atoms with Crippen molar-refractivity contribution < 1.29 is 41.1 Å². The third-order valence-electron chi connectivity index (χ3n) is 4.07. The van der Waals surface area contributed by atoms with Gasteiger partial charge in [0.25, 0.3) is 18.2 Å². The average molecular weight is 438 g/mol. The molecule has 0 bridgehead atoms. The number of morpholine rings is 1. The van der Waals surface area contributed by atoms with Gasteiger partial charge >= 0.3 is 6.18 Å². The maximum Gasteiger partial charge on any atom is 0.401 e. The summed E-state index contributed by atoms with van der Waals surface area (Å²) < 4.78 is 68.5. The molecule has 3 N–H and O–H groups in total. The Labute approximate surface area is 167 Å². The van der Waals surface area contributed by atoms with E-state index in [9.17, 15) is 36.3 Å². The van der Waals surface area contributed by atoms with E-state index >= 15 is 0 Å². The smallest absolute Gasteiger partial charge is 0.370 e. The summed E-state index contributed by atoms with van der Waals surface area (Å²) >= 11 is 0. The van der Waals surface area contributed by atoms with Crippen LogP contribution in [0.1, 0.15) is 0 Å². The van der Waals surface area contributed by atoms with E-state index in [4.69, 9.17) is 10.5 Å². The number of carbonyl (C=O) groups is 3. The van der Waals surface area contributed by atoms with Crippen LogP contribution in [0.5, 0.6) is 0 Å². The third kappa shape index (κ3) is 6.62. The number of rotatable bonds is 8. The molecule has 0 saturated carbocycles. The summed E-state index contributed by atoms with van der Waals surface area (Å²) in [5, 5.41) is 2.18. The molecule has 1 aliphatic heterocycles. The number of anilines is 2. The minimum absolute atomic E-state index is 0.0247. The van der Waals surface area contributed by atoms with E-state index in [1.165, 1.54) is 29.2 Å². The fourth-order valence-electron chi connectivity index (χ4n) is 2.87. The van der Waals surface area contributed by atoms with Crippen LogP contribution in [0, 0.1) is 0 Å². The lowest BCUT2D eigenvalue weighted by Crippen LogP contribution is -2.55. The Morgan fingerprint density at radius 1 is 1.23 bits per heavy atom. The van der Waals surface area contributed by atoms with E-state index in [0.717, 1.165) is 0 Å². The first-order chi connectivity index (χ1) is 14.0. The number of nitrogens with two attached hydrogens (primary N) is 1. The first-order valence-corrected chi connectivity index (χ1v) is 8.65. The summed E-state index contributed by atoms with van der Waals surface area (Å²) in [6.07, 6.45) is -8.16. The van der Waals surface area contributed by atoms with E-state index in [1.54, 1.807) is 0 Å². The van der Waals surface area contributed by atoms with Crippen molar-refractivity contribution in [1.82, 2.24) is 4.90 Å². The van der Waals surface area contributed by atoms with E-state index in [0.29, 0.717) is 18.8 Å². The molecule has 166 valence electrons. The zero-order valence-corrected chi connectivity index (χ0v) is 15.5. The molecule has 1 heterocycles. The maximum atomic E-state index is 12.7. The summed E-state index contributed by atoms with van der Waals surface area (Å²) in [5.41, 5.74) is 5.57. The van der Waals surface area contributed by atoms with Gasteiger partial charge in [-0.2, -0.15) is 13.2 Å². The molecule has 0 unspecified atom stereocenters. The first kappa shape index (κ1) is 23.5. The Hall–Kier alpha value is -2.80. The average Bonchev–Trinajstić information content (AvgIpc) is 2.60. The number of nitrogens with zero attached hydrogens (tertiary/aromatic N) is 2. The van der Waals surface area contributed by atoms with Crippen molar-refractivity contribution in [3.8, 4) is 0 Å². The highest BCUT2D eigenvalue weighted by atomic mass is 19.4. The molecule has 13 heteroatoms. The molecule has 8 nitrogen and oxygen atoms in total. The van der Waals surface area contributed by atoms with Crippen molar-refractivity contribution in [1.29, 1.82) is 0 Å². The molecule has 3 amide bonds. The summed E-state index contributed by atoms with van der Waals surface area (Å²) in [4.78, 5) is 37.2. The van der Waals surface area contributed by atoms with Gasteiger partial charge in [0.1, 0.15) is 6.61 Å². The van der Waals surface area contributed by atoms with Crippen LogP contribution < -0.4 is 16.0 Å². The van der Waals surface area contributed by atoms with Gasteiger partial charge in [0, 0.05) is 17.9 Å². The fourth-order valence-corrected chi connectivity index (χ4v) is 2.87. The SMILES string of the molecule is NC(=O)[C@@H](C(=O)Nc1ccc(N2CCOCC2=O)cc1)N(CC(F)F)CC(F)(F)F. The molecule has 1 aliphatic rings. The molecule has 1 saturated heterocycles. The van der Waals surface area contributed by atoms with Crippen molar-refractivity contribution >= 4 is 29.1 Å². The van der Waals surface area contributed by atoms with Gasteiger partial charge in [-0.1, -0.05) is 0 Å². The standard InChI is InChI=1S/C17H19F5N4O4/c18-12(19)7-25(9-17(20,21)22)14(15(23)28)16(29)24-10-1-3-11(4-2-10)26-5-6-30-8-13(26)27/h1-4,12,14H,5-9H2,(H2,23,28)(H,24,29)/t14-/m0/s1. The number of hydrogen-bond donors (Lipinski definition) is 2. The molecule has 1 aromatic rings. The van der Waals surface area contributed by atoms with E-state index < -0.39 is 43.5 Å². The number of primary amides is 1. The predicted molar refractivity (Wildman–Crippen MR) is 94.9 cm³/mol. The molecule has 1 fully saturated rings. The molecule has 1 aromatic carbocycles. The number of halogens is 5. The quantitative estimate of drug-likeness (QED) is 0.465. The zero-order valence-electron chi connectivity index (χ0n) is 15.5. The number of nitrogens with one attached hydrogen (secondary N) is 1. The highest BCUT2D eigenvalue weighted by Gasteiger charge is 2.40. The van der Waals surface area contributed by atoms with Crippen LogP contribution >= 0.6 is 0 Å². The van der Waals surface area contributed by atoms with E-state index in [1.807, 2.05) is 0 Å². The Kier molecular flexibility index (Phi) is 7.67. The van der Waals surface area contributed by atoms with Gasteiger partial charge in [0.2, 0.25) is 5.91 Å². The molecule has 30 heavy (non-hydrogen) atoms. The van der Waals surface area contributed by atoms with Crippen LogP contribution in [0.25, 0.3) is 0 Å². The second kappa shape index (κ2) is 9.80. The summed E-state index contributed by atoms with van der Waals surface area (Å²) in [6.45, 7) is -2.83. The minimum atomic E-state index is -4.94. The van der Waals surface area contributed by atoms with E-state index in [-0.39, 0.29) is 23.1 Å². The predicted octanol–water partition coefficient (Wildman–Crippen LogP) is 0.972. The number of hydrogen-bond acceptors (Lipinski definition) is 5. The highest BCUT2D eigenvalue weighted by molar-refractivity contribution is 6.09. The lowest BCUT2D eigenvalue weighted by molar-refractivity contribution is -0.160. The number of amides is 3. The van der Waals surface area contributed by atoms with Crippen molar-refractivity contribution in [3.05, 3.63) is 24.3 Å². The second-order valence-electron chi connectivity index (χ2n) is 6.37. The molecule has 0 spiro atoms. The lowest BCUT2D eigenvalue weighted by Gasteiger charge is -2.29. The van der Waals surface area contributed by atoms with Crippen LogP contribution in [0.4, 0.5) is 33.3 Å². The first-order valence-electron chi connectivity index (χ1n) is 8.65. The van der Waals surface area contributed by atoms with Crippen LogP contribution in [0.3, 0.4) is 0 Å². The van der Waals surface area contributed by atoms with Gasteiger partial charge in [0.05, 0.1) is 19.7 Å². The van der Waals surface area contributed by atoms with Crippen molar-refractivity contribution in [2.24, 2.45) is 5.73 Å². The van der Waals surface area contributed by atoms with Gasteiger partial charge in [-0.15, -0.1) is 0 Å².